The van der Waals surface area contributed by atoms with Crippen molar-refractivity contribution < 1.29 is 24.5 Å². The second-order valence-electron chi connectivity index (χ2n) is 14.1. The Hall–Kier alpha value is -4.95. The summed E-state index contributed by atoms with van der Waals surface area (Å²) in [7, 11) is 3.20. The summed E-state index contributed by atoms with van der Waals surface area (Å²) in [6.45, 7) is 4.21. The quantitative estimate of drug-likeness (QED) is 0.145. The van der Waals surface area contributed by atoms with Crippen molar-refractivity contribution in [1.29, 1.82) is 0 Å². The van der Waals surface area contributed by atoms with Crippen LogP contribution in [0.2, 0.25) is 10.0 Å². The molecule has 2 atom stereocenters. The molecule has 13 nitrogen and oxygen atoms in total. The van der Waals surface area contributed by atoms with Gasteiger partial charge in [0.1, 0.15) is 11.3 Å². The molecule has 0 saturated carbocycles. The maximum absolute atomic E-state index is 13.5. The van der Waals surface area contributed by atoms with Crippen molar-refractivity contribution in [2.75, 3.05) is 26.7 Å². The number of likely N-dealkylation sites (tertiary alicyclic amines) is 1. The standard InChI is InChI=1S/C39H41Cl2N7O6/c1-22(49)14-23-16-46(17-23)21-33-44-48-19-25(15-32(48)38(51)45(33)2)27-6-4-7-28(35(27)40)29-8-5-9-30(36(29)41)31-12-10-24(37(43-31)54-3)18-47(39(52)53)20-26-11-13-34(50)42-26/h4-10,12,15,19,22-23,26,49H,11,13-14,16-18,20-21H2,1-3H3,(H,42,50)(H,52,53)/t22?,26-/m0/s1. The zero-order chi connectivity index (χ0) is 38.3. The van der Waals surface area contributed by atoms with Gasteiger partial charge in [-0.15, -0.1) is 0 Å². The summed E-state index contributed by atoms with van der Waals surface area (Å²) in [5.74, 6) is 1.25. The molecule has 5 heterocycles. The Balaban J connectivity index is 1.15. The van der Waals surface area contributed by atoms with Gasteiger partial charge in [-0.3, -0.25) is 19.1 Å². The number of hydrogen-bond donors (Lipinski definition) is 3. The Kier molecular flexibility index (Phi) is 10.7. The van der Waals surface area contributed by atoms with Crippen LogP contribution in [0.25, 0.3) is 39.0 Å². The molecule has 0 bridgehead atoms. The van der Waals surface area contributed by atoms with E-state index >= 15 is 0 Å². The number of carbonyl (C=O) groups is 2. The van der Waals surface area contributed by atoms with Crippen LogP contribution in [0, 0.1) is 5.92 Å². The van der Waals surface area contributed by atoms with E-state index in [-0.39, 0.29) is 42.6 Å². The first-order valence-corrected chi connectivity index (χ1v) is 18.5. The molecule has 282 valence electrons. The van der Waals surface area contributed by atoms with E-state index in [2.05, 4.69) is 10.2 Å². The molecule has 2 amide bonds. The SMILES string of the molecule is COc1nc(-c2cccc(-c3cccc(-c4cc5c(=O)n(C)c(CN6CC(CC(C)O)C6)nn5c4)c3Cl)c2Cl)ccc1CN(C[C@@H]1CCC(=O)N1)C(=O)O. The number of rotatable bonds is 12. The second-order valence-corrected chi connectivity index (χ2v) is 14.9. The summed E-state index contributed by atoms with van der Waals surface area (Å²) in [5.41, 5.74) is 4.76. The van der Waals surface area contributed by atoms with E-state index in [1.54, 1.807) is 41.3 Å². The van der Waals surface area contributed by atoms with Crippen LogP contribution < -0.4 is 15.6 Å². The van der Waals surface area contributed by atoms with Gasteiger partial charge in [0, 0.05) is 78.7 Å². The Labute approximate surface area is 321 Å². The van der Waals surface area contributed by atoms with Crippen LogP contribution >= 0.6 is 23.2 Å². The fraction of sp³-hybridized carbons (Fsp3) is 0.359. The number of aliphatic hydroxyl groups is 1. The number of pyridine rings is 1. The molecular weight excluding hydrogens is 733 g/mol. The topological polar surface area (TPSA) is 155 Å². The third-order valence-corrected chi connectivity index (χ3v) is 11.0. The van der Waals surface area contributed by atoms with Gasteiger partial charge < -0.3 is 25.2 Å². The van der Waals surface area contributed by atoms with Gasteiger partial charge >= 0.3 is 6.09 Å². The van der Waals surface area contributed by atoms with E-state index in [1.165, 1.54) is 12.0 Å². The number of amides is 2. The molecule has 2 aliphatic rings. The predicted octanol–water partition coefficient (Wildman–Crippen LogP) is 5.71. The van der Waals surface area contributed by atoms with Gasteiger partial charge in [0.2, 0.25) is 11.8 Å². The summed E-state index contributed by atoms with van der Waals surface area (Å²) in [4.78, 5) is 45.4. The lowest BCUT2D eigenvalue weighted by molar-refractivity contribution is -0.119. The number of nitrogens with one attached hydrogen (secondary N) is 1. The monoisotopic (exact) mass is 773 g/mol. The summed E-state index contributed by atoms with van der Waals surface area (Å²) in [6, 6.07) is 16.3. The number of ether oxygens (including phenoxy) is 1. The third-order valence-electron chi connectivity index (χ3n) is 10.2. The van der Waals surface area contributed by atoms with Gasteiger partial charge in [-0.05, 0) is 43.9 Å². The highest BCUT2D eigenvalue weighted by molar-refractivity contribution is 6.39. The predicted molar refractivity (Wildman–Crippen MR) is 206 cm³/mol. The van der Waals surface area contributed by atoms with Crippen molar-refractivity contribution >= 4 is 40.7 Å². The number of aliphatic hydroxyl groups excluding tert-OH is 1. The number of carbonyl (C=O) groups excluding carboxylic acids is 1. The molecule has 7 rings (SSSR count). The lowest BCUT2D eigenvalue weighted by atomic mass is 9.94. The van der Waals surface area contributed by atoms with Crippen molar-refractivity contribution in [3.63, 3.8) is 0 Å². The molecule has 2 aromatic carbocycles. The highest BCUT2D eigenvalue weighted by Crippen LogP contribution is 2.42. The van der Waals surface area contributed by atoms with Crippen LogP contribution in [-0.2, 0) is 24.9 Å². The van der Waals surface area contributed by atoms with Gasteiger partial charge in [0.25, 0.3) is 5.56 Å². The third kappa shape index (κ3) is 7.54. The molecule has 54 heavy (non-hydrogen) atoms. The van der Waals surface area contributed by atoms with Crippen LogP contribution in [0.4, 0.5) is 4.79 Å². The second kappa shape index (κ2) is 15.4. The van der Waals surface area contributed by atoms with Crippen LogP contribution in [0.5, 0.6) is 5.88 Å². The number of aromatic nitrogens is 4. The Morgan fingerprint density at radius 2 is 1.74 bits per heavy atom. The number of carboxylic acid groups (broad SMARTS) is 1. The average Bonchev–Trinajstić information content (AvgIpc) is 3.75. The highest BCUT2D eigenvalue weighted by atomic mass is 35.5. The highest BCUT2D eigenvalue weighted by Gasteiger charge is 2.29. The fourth-order valence-electron chi connectivity index (χ4n) is 7.41. The number of methoxy groups -OCH3 is 1. The number of halogens is 2. The lowest BCUT2D eigenvalue weighted by Gasteiger charge is -2.39. The van der Waals surface area contributed by atoms with E-state index in [0.29, 0.717) is 80.2 Å². The summed E-state index contributed by atoms with van der Waals surface area (Å²) in [6.07, 6.45) is 2.08. The maximum atomic E-state index is 13.5. The zero-order valence-electron chi connectivity index (χ0n) is 30.1. The first kappa shape index (κ1) is 37.4. The molecule has 3 aromatic heterocycles. The van der Waals surface area contributed by atoms with Crippen molar-refractivity contribution in [3.8, 4) is 39.4 Å². The van der Waals surface area contributed by atoms with Gasteiger partial charge in [-0.25, -0.2) is 14.3 Å². The molecule has 3 N–H and O–H groups in total. The molecular formula is C39H41Cl2N7O6. The Morgan fingerprint density at radius 1 is 1.06 bits per heavy atom. The molecule has 0 radical (unpaired) electrons. The van der Waals surface area contributed by atoms with Crippen molar-refractivity contribution in [2.45, 2.75) is 51.4 Å². The van der Waals surface area contributed by atoms with Gasteiger partial charge in [0.05, 0.1) is 42.0 Å². The van der Waals surface area contributed by atoms with Crippen LogP contribution in [-0.4, -0.2) is 90.1 Å². The van der Waals surface area contributed by atoms with E-state index in [9.17, 15) is 24.6 Å². The molecule has 2 fully saturated rings. The van der Waals surface area contributed by atoms with E-state index in [0.717, 1.165) is 25.1 Å². The van der Waals surface area contributed by atoms with Gasteiger partial charge in [-0.2, -0.15) is 5.10 Å². The van der Waals surface area contributed by atoms with Crippen molar-refractivity contribution in [1.82, 2.24) is 34.3 Å². The van der Waals surface area contributed by atoms with Gasteiger partial charge in [0.15, 0.2) is 0 Å². The Morgan fingerprint density at radius 3 is 2.39 bits per heavy atom. The zero-order valence-corrected chi connectivity index (χ0v) is 31.6. The molecule has 2 saturated heterocycles. The van der Waals surface area contributed by atoms with Crippen molar-refractivity contribution in [2.24, 2.45) is 13.0 Å². The molecule has 15 heteroatoms. The van der Waals surface area contributed by atoms with Crippen LogP contribution in [0.15, 0.2) is 65.6 Å². The van der Waals surface area contributed by atoms with Crippen LogP contribution in [0.1, 0.15) is 37.6 Å². The summed E-state index contributed by atoms with van der Waals surface area (Å²) >= 11 is 14.2. The van der Waals surface area contributed by atoms with Crippen molar-refractivity contribution in [3.05, 3.63) is 92.6 Å². The normalized spacial score (nSPS) is 16.7. The number of nitrogens with zero attached hydrogens (tertiary/aromatic N) is 6. The average molecular weight is 775 g/mol. The molecule has 5 aromatic rings. The minimum atomic E-state index is -1.11. The minimum absolute atomic E-state index is 0.0238. The smallest absolute Gasteiger partial charge is 0.407 e. The van der Waals surface area contributed by atoms with Crippen LogP contribution in [0.3, 0.4) is 0 Å². The molecule has 1 unspecified atom stereocenters. The maximum Gasteiger partial charge on any atom is 0.407 e. The molecule has 0 spiro atoms. The Bertz CT molecular complexity index is 2300. The number of hydrogen-bond acceptors (Lipinski definition) is 8. The first-order chi connectivity index (χ1) is 25.9. The van der Waals surface area contributed by atoms with E-state index in [4.69, 9.17) is 38.0 Å². The first-order valence-electron chi connectivity index (χ1n) is 17.8. The fourth-order valence-corrected chi connectivity index (χ4v) is 8.07. The molecule has 2 aliphatic heterocycles. The van der Waals surface area contributed by atoms with E-state index in [1.807, 2.05) is 42.6 Å². The largest absolute Gasteiger partial charge is 0.481 e. The van der Waals surface area contributed by atoms with Gasteiger partial charge in [-0.1, -0.05) is 59.6 Å². The van der Waals surface area contributed by atoms with E-state index < -0.39 is 6.09 Å². The summed E-state index contributed by atoms with van der Waals surface area (Å²) in [5, 5.41) is 28.0. The summed E-state index contributed by atoms with van der Waals surface area (Å²) < 4.78 is 8.80. The lowest BCUT2D eigenvalue weighted by Crippen LogP contribution is -2.47. The number of benzene rings is 2. The number of fused-ring (bicyclic) bond motifs is 1. The minimum Gasteiger partial charge on any atom is -0.481 e. The molecule has 0 aliphatic carbocycles.